The first-order valence-corrected chi connectivity index (χ1v) is 7.00. The van der Waals surface area contributed by atoms with Crippen molar-refractivity contribution in [2.45, 2.75) is 38.7 Å². The molecule has 0 saturated heterocycles. The summed E-state index contributed by atoms with van der Waals surface area (Å²) in [6, 6.07) is 11.6. The molecule has 1 atom stereocenters. The lowest BCUT2D eigenvalue weighted by Crippen LogP contribution is -2.11. The van der Waals surface area contributed by atoms with Crippen LogP contribution >= 0.6 is 0 Å². The molecular formula is C18H20F2O. The predicted octanol–water partition coefficient (Wildman–Crippen LogP) is 4.54. The van der Waals surface area contributed by atoms with Gasteiger partial charge in [0.1, 0.15) is 0 Å². The van der Waals surface area contributed by atoms with Crippen LogP contribution in [0.2, 0.25) is 0 Å². The van der Waals surface area contributed by atoms with Crippen LogP contribution in [-0.2, 0) is 11.8 Å². The summed E-state index contributed by atoms with van der Waals surface area (Å²) in [5.41, 5.74) is 2.09. The van der Waals surface area contributed by atoms with Gasteiger partial charge in [-0.15, -0.1) is 0 Å². The van der Waals surface area contributed by atoms with E-state index in [0.717, 1.165) is 11.6 Å². The molecule has 0 amide bonds. The Hall–Kier alpha value is -1.74. The Bertz CT molecular complexity index is 612. The Morgan fingerprint density at radius 2 is 1.62 bits per heavy atom. The van der Waals surface area contributed by atoms with Crippen LogP contribution in [0.3, 0.4) is 0 Å². The van der Waals surface area contributed by atoms with Crippen LogP contribution in [0.1, 0.15) is 43.6 Å². The van der Waals surface area contributed by atoms with E-state index in [0.29, 0.717) is 5.56 Å². The quantitative estimate of drug-likeness (QED) is 0.880. The summed E-state index contributed by atoms with van der Waals surface area (Å²) < 4.78 is 26.8. The number of aliphatic hydroxyl groups excluding tert-OH is 1. The van der Waals surface area contributed by atoms with E-state index in [9.17, 15) is 13.9 Å². The number of halogens is 2. The van der Waals surface area contributed by atoms with E-state index in [-0.39, 0.29) is 17.4 Å². The van der Waals surface area contributed by atoms with Crippen molar-refractivity contribution in [3.8, 4) is 0 Å². The summed E-state index contributed by atoms with van der Waals surface area (Å²) in [5.74, 6) is -1.77. The van der Waals surface area contributed by atoms with Crippen molar-refractivity contribution < 1.29 is 13.9 Å². The van der Waals surface area contributed by atoms with Crippen molar-refractivity contribution in [1.29, 1.82) is 0 Å². The topological polar surface area (TPSA) is 20.2 Å². The maximum atomic E-state index is 13.6. The van der Waals surface area contributed by atoms with Gasteiger partial charge in [0, 0.05) is 6.42 Å². The van der Waals surface area contributed by atoms with Gasteiger partial charge in [-0.1, -0.05) is 57.2 Å². The minimum Gasteiger partial charge on any atom is -0.388 e. The van der Waals surface area contributed by atoms with Crippen LogP contribution < -0.4 is 0 Å². The van der Waals surface area contributed by atoms with Crippen molar-refractivity contribution in [1.82, 2.24) is 0 Å². The highest BCUT2D eigenvalue weighted by Crippen LogP contribution is 2.26. The summed E-state index contributed by atoms with van der Waals surface area (Å²) in [6.07, 6.45) is -0.798. The molecule has 1 nitrogen and oxygen atoms in total. The normalized spacial score (nSPS) is 13.2. The Morgan fingerprint density at radius 1 is 1.00 bits per heavy atom. The van der Waals surface area contributed by atoms with Gasteiger partial charge in [0.05, 0.1) is 6.10 Å². The zero-order valence-electron chi connectivity index (χ0n) is 12.5. The molecular weight excluding hydrogens is 270 g/mol. The zero-order chi connectivity index (χ0) is 15.6. The smallest absolute Gasteiger partial charge is 0.162 e. The molecule has 0 saturated carbocycles. The lowest BCUT2D eigenvalue weighted by Gasteiger charge is -2.20. The van der Waals surface area contributed by atoms with Crippen LogP contribution in [0, 0.1) is 11.6 Å². The van der Waals surface area contributed by atoms with E-state index in [1.165, 1.54) is 12.1 Å². The lowest BCUT2D eigenvalue weighted by molar-refractivity contribution is 0.176. The molecule has 0 fully saturated rings. The largest absolute Gasteiger partial charge is 0.388 e. The molecule has 2 aromatic rings. The minimum atomic E-state index is -0.886. The second-order valence-electron chi connectivity index (χ2n) is 6.30. The monoisotopic (exact) mass is 290 g/mol. The van der Waals surface area contributed by atoms with Crippen LogP contribution in [0.15, 0.2) is 42.5 Å². The molecule has 0 spiro atoms. The molecule has 21 heavy (non-hydrogen) atoms. The van der Waals surface area contributed by atoms with Gasteiger partial charge in [-0.3, -0.25) is 0 Å². The first kappa shape index (κ1) is 15.6. The highest BCUT2D eigenvalue weighted by Gasteiger charge is 2.16. The lowest BCUT2D eigenvalue weighted by atomic mass is 9.86. The van der Waals surface area contributed by atoms with E-state index in [1.807, 2.05) is 24.3 Å². The van der Waals surface area contributed by atoms with Gasteiger partial charge in [0.15, 0.2) is 11.6 Å². The summed E-state index contributed by atoms with van der Waals surface area (Å²) in [6.45, 7) is 6.33. The van der Waals surface area contributed by atoms with Crippen molar-refractivity contribution in [2.75, 3.05) is 0 Å². The third-order valence-electron chi connectivity index (χ3n) is 3.61. The molecule has 0 heterocycles. The molecule has 0 radical (unpaired) electrons. The molecule has 3 heteroatoms. The average molecular weight is 290 g/mol. The third kappa shape index (κ3) is 3.67. The molecule has 1 unspecified atom stereocenters. The second kappa shape index (κ2) is 5.94. The van der Waals surface area contributed by atoms with Gasteiger partial charge in [0.25, 0.3) is 0 Å². The SMILES string of the molecule is CC(C)(C)c1ccc(C(O)Cc2cccc(F)c2F)cc1. The summed E-state index contributed by atoms with van der Waals surface area (Å²) in [5, 5.41) is 10.2. The molecule has 0 aliphatic rings. The highest BCUT2D eigenvalue weighted by atomic mass is 19.2. The first-order valence-electron chi connectivity index (χ1n) is 7.00. The third-order valence-corrected chi connectivity index (χ3v) is 3.61. The van der Waals surface area contributed by atoms with Crippen molar-refractivity contribution in [3.05, 3.63) is 70.8 Å². The van der Waals surface area contributed by atoms with Crippen LogP contribution in [0.5, 0.6) is 0 Å². The summed E-state index contributed by atoms with van der Waals surface area (Å²) in [4.78, 5) is 0. The number of hydrogen-bond donors (Lipinski definition) is 1. The standard InChI is InChI=1S/C18H20F2O/c1-18(2,3)14-9-7-12(8-10-14)16(21)11-13-5-4-6-15(19)17(13)20/h4-10,16,21H,11H2,1-3H3. The van der Waals surface area contributed by atoms with E-state index in [1.54, 1.807) is 0 Å². The van der Waals surface area contributed by atoms with Gasteiger partial charge in [-0.25, -0.2) is 8.78 Å². The average Bonchev–Trinajstić information content (AvgIpc) is 2.43. The fourth-order valence-corrected chi connectivity index (χ4v) is 2.24. The van der Waals surface area contributed by atoms with Crippen molar-refractivity contribution in [3.63, 3.8) is 0 Å². The zero-order valence-corrected chi connectivity index (χ0v) is 12.5. The summed E-state index contributed by atoms with van der Waals surface area (Å²) in [7, 11) is 0. The maximum absolute atomic E-state index is 13.6. The molecule has 0 aromatic heterocycles. The van der Waals surface area contributed by atoms with Crippen LogP contribution in [0.25, 0.3) is 0 Å². The predicted molar refractivity (Wildman–Crippen MR) is 80.2 cm³/mol. The first-order chi connectivity index (χ1) is 9.79. The van der Waals surface area contributed by atoms with Crippen molar-refractivity contribution >= 4 is 0 Å². The molecule has 112 valence electrons. The van der Waals surface area contributed by atoms with Crippen LogP contribution in [0.4, 0.5) is 8.78 Å². The number of aliphatic hydroxyl groups is 1. The Morgan fingerprint density at radius 3 is 2.19 bits per heavy atom. The maximum Gasteiger partial charge on any atom is 0.162 e. The molecule has 2 aromatic carbocycles. The number of rotatable bonds is 3. The second-order valence-corrected chi connectivity index (χ2v) is 6.30. The molecule has 0 bridgehead atoms. The van der Waals surface area contributed by atoms with Gasteiger partial charge < -0.3 is 5.11 Å². The van der Waals surface area contributed by atoms with E-state index < -0.39 is 17.7 Å². The number of benzene rings is 2. The van der Waals surface area contributed by atoms with E-state index in [4.69, 9.17) is 0 Å². The van der Waals surface area contributed by atoms with Gasteiger partial charge in [-0.2, -0.15) is 0 Å². The number of hydrogen-bond acceptors (Lipinski definition) is 1. The fraction of sp³-hybridized carbons (Fsp3) is 0.333. The molecule has 0 aliphatic carbocycles. The molecule has 0 aliphatic heterocycles. The highest BCUT2D eigenvalue weighted by molar-refractivity contribution is 5.30. The molecule has 2 rings (SSSR count). The molecule has 1 N–H and O–H groups in total. The van der Waals surface area contributed by atoms with Crippen molar-refractivity contribution in [2.24, 2.45) is 0 Å². The minimum absolute atomic E-state index is 0.0398. The van der Waals surface area contributed by atoms with Gasteiger partial charge >= 0.3 is 0 Å². The van der Waals surface area contributed by atoms with Gasteiger partial charge in [-0.05, 0) is 28.2 Å². The van der Waals surface area contributed by atoms with Gasteiger partial charge in [0.2, 0.25) is 0 Å². The fourth-order valence-electron chi connectivity index (χ4n) is 2.24. The van der Waals surface area contributed by atoms with E-state index in [2.05, 4.69) is 20.8 Å². The Balaban J connectivity index is 2.17. The Kier molecular flexibility index (Phi) is 4.43. The van der Waals surface area contributed by atoms with Crippen LogP contribution in [-0.4, -0.2) is 5.11 Å². The Labute approximate surface area is 124 Å². The summed E-state index contributed by atoms with van der Waals surface area (Å²) >= 11 is 0. The van der Waals surface area contributed by atoms with E-state index >= 15 is 0 Å².